The number of aromatic nitrogens is 1. The Morgan fingerprint density at radius 1 is 1.07 bits per heavy atom. The van der Waals surface area contributed by atoms with Crippen molar-refractivity contribution in [3.63, 3.8) is 0 Å². The fourth-order valence-electron chi connectivity index (χ4n) is 3.88. The van der Waals surface area contributed by atoms with Gasteiger partial charge in [-0.05, 0) is 48.7 Å². The van der Waals surface area contributed by atoms with Crippen molar-refractivity contribution in [1.29, 1.82) is 0 Å². The van der Waals surface area contributed by atoms with Gasteiger partial charge in [0.25, 0.3) is 10.0 Å². The molecule has 4 rings (SSSR count). The molecule has 41 heavy (non-hydrogen) atoms. The number of anilines is 1. The molecule has 17 heteroatoms. The molecule has 0 unspecified atom stereocenters. The lowest BCUT2D eigenvalue weighted by atomic mass is 10.1. The van der Waals surface area contributed by atoms with E-state index in [2.05, 4.69) is 14.7 Å². The lowest BCUT2D eigenvalue weighted by Crippen LogP contribution is -2.38. The summed E-state index contributed by atoms with van der Waals surface area (Å²) >= 11 is 6.87. The number of hydrogen-bond donors (Lipinski definition) is 0. The average molecular weight is 644 g/mol. The number of rotatable bonds is 8. The van der Waals surface area contributed by atoms with Crippen LogP contribution in [0.15, 0.2) is 58.9 Å². The number of thiazole rings is 1. The van der Waals surface area contributed by atoms with Gasteiger partial charge in [0.15, 0.2) is 0 Å². The van der Waals surface area contributed by atoms with Crippen LogP contribution in [0.1, 0.15) is 24.0 Å². The molecule has 0 N–H and O–H groups in total. The van der Waals surface area contributed by atoms with E-state index < -0.39 is 43.9 Å². The van der Waals surface area contributed by atoms with Crippen molar-refractivity contribution in [3.05, 3.63) is 70.2 Å². The van der Waals surface area contributed by atoms with Crippen molar-refractivity contribution in [3.8, 4) is 5.75 Å². The van der Waals surface area contributed by atoms with Crippen molar-refractivity contribution in [2.45, 2.75) is 42.7 Å². The number of carbonyl (C=O) groups excluding carboxylic acids is 1. The number of alkyl halides is 6. The van der Waals surface area contributed by atoms with E-state index >= 15 is 0 Å². The summed E-state index contributed by atoms with van der Waals surface area (Å²) in [4.78, 5) is 20.6. The maximum absolute atomic E-state index is 13.1. The van der Waals surface area contributed by atoms with Crippen LogP contribution in [-0.4, -0.2) is 49.6 Å². The van der Waals surface area contributed by atoms with Crippen LogP contribution in [0.5, 0.6) is 5.75 Å². The van der Waals surface area contributed by atoms with Crippen molar-refractivity contribution in [2.75, 3.05) is 17.6 Å². The number of sulfonamides is 1. The minimum absolute atomic E-state index is 0.125. The zero-order valence-electron chi connectivity index (χ0n) is 20.7. The smallest absolute Gasteiger partial charge is 0.489 e. The van der Waals surface area contributed by atoms with Crippen LogP contribution in [0.4, 0.5) is 31.5 Å². The summed E-state index contributed by atoms with van der Waals surface area (Å²) in [5, 5.41) is 0.583. The number of benzene rings is 2. The second-order valence-electron chi connectivity index (χ2n) is 8.80. The van der Waals surface area contributed by atoms with E-state index in [1.807, 2.05) is 0 Å². The summed E-state index contributed by atoms with van der Waals surface area (Å²) in [6.07, 6.45) is -7.97. The quantitative estimate of drug-likeness (QED) is 0.217. The monoisotopic (exact) mass is 643 g/mol. The molecular weight excluding hydrogens is 624 g/mol. The molecule has 1 saturated heterocycles. The lowest BCUT2D eigenvalue weighted by molar-refractivity contribution is -0.199. The van der Waals surface area contributed by atoms with Crippen LogP contribution in [0, 0.1) is 0 Å². The molecule has 0 radical (unpaired) electrons. The highest BCUT2D eigenvalue weighted by Gasteiger charge is 2.45. The van der Waals surface area contributed by atoms with Crippen LogP contribution in [0.2, 0.25) is 5.02 Å². The molecule has 0 aliphatic carbocycles. The first-order chi connectivity index (χ1) is 19.1. The fraction of sp³-hybridized carbons (Fsp3) is 0.333. The minimum atomic E-state index is -5.46. The van der Waals surface area contributed by atoms with E-state index in [0.717, 1.165) is 36.0 Å². The Hall–Kier alpha value is -3.08. The molecule has 0 spiro atoms. The van der Waals surface area contributed by atoms with E-state index in [0.29, 0.717) is 43.8 Å². The predicted octanol–water partition coefficient (Wildman–Crippen LogP) is 6.07. The minimum Gasteiger partial charge on any atom is -0.489 e. The third-order valence-electron chi connectivity index (χ3n) is 5.91. The normalized spacial score (nSPS) is 15.5. The van der Waals surface area contributed by atoms with E-state index in [1.165, 1.54) is 23.6 Å². The Kier molecular flexibility index (Phi) is 9.06. The van der Waals surface area contributed by atoms with Gasteiger partial charge in [0.05, 0.1) is 15.5 Å². The molecule has 2 heterocycles. The Morgan fingerprint density at radius 3 is 2.27 bits per heavy atom. The molecule has 0 atom stereocenters. The third kappa shape index (κ3) is 7.61. The summed E-state index contributed by atoms with van der Waals surface area (Å²) in [5.41, 5.74) is 0.00666. The summed E-state index contributed by atoms with van der Waals surface area (Å²) in [7, 11) is -4.87. The van der Waals surface area contributed by atoms with Crippen molar-refractivity contribution in [1.82, 2.24) is 9.88 Å². The first-order valence-corrected chi connectivity index (χ1v) is 14.4. The summed E-state index contributed by atoms with van der Waals surface area (Å²) < 4.78 is 108. The summed E-state index contributed by atoms with van der Waals surface area (Å²) in [6.45, 7) is 1.60. The van der Waals surface area contributed by atoms with E-state index in [9.17, 15) is 39.6 Å². The summed E-state index contributed by atoms with van der Waals surface area (Å²) in [5.74, 6) is -2.63. The molecule has 1 aromatic heterocycles. The van der Waals surface area contributed by atoms with Gasteiger partial charge < -0.3 is 9.57 Å². The standard InChI is InChI=1S/C24H20ClF6N3O5S2/c25-19-13-18(41(36,37)34(22-32-9-12-40-22)39-21(35)24(29,30)31)5-6-20(19)38-17-7-10-33(11-8-17)14-15-1-3-16(4-2-15)23(26,27)28/h1-6,9,12-13,17H,7-8,10-11,14H2. The molecule has 1 aliphatic heterocycles. The Morgan fingerprint density at radius 2 is 1.73 bits per heavy atom. The van der Waals surface area contributed by atoms with E-state index in [-0.39, 0.29) is 21.3 Å². The molecule has 3 aromatic rings. The van der Waals surface area contributed by atoms with Gasteiger partial charge in [-0.2, -0.15) is 34.8 Å². The molecule has 8 nitrogen and oxygen atoms in total. The van der Waals surface area contributed by atoms with Crippen molar-refractivity contribution < 1.29 is 49.1 Å². The van der Waals surface area contributed by atoms with Gasteiger partial charge in [0.2, 0.25) is 5.13 Å². The fourth-order valence-corrected chi connectivity index (χ4v) is 6.20. The van der Waals surface area contributed by atoms with Crippen LogP contribution < -0.4 is 9.21 Å². The number of piperidine rings is 1. The van der Waals surface area contributed by atoms with Crippen LogP contribution in [0.3, 0.4) is 0 Å². The topological polar surface area (TPSA) is 89.0 Å². The molecule has 2 aromatic carbocycles. The number of ether oxygens (including phenoxy) is 1. The Bertz CT molecular complexity index is 1460. The van der Waals surface area contributed by atoms with Gasteiger partial charge in [-0.1, -0.05) is 28.2 Å². The molecule has 1 fully saturated rings. The van der Waals surface area contributed by atoms with Gasteiger partial charge in [0.1, 0.15) is 11.9 Å². The molecule has 0 bridgehead atoms. The molecule has 222 valence electrons. The average Bonchev–Trinajstić information content (AvgIpc) is 3.43. The van der Waals surface area contributed by atoms with Gasteiger partial charge in [-0.3, -0.25) is 4.90 Å². The third-order valence-corrected chi connectivity index (χ3v) is 8.59. The lowest BCUT2D eigenvalue weighted by Gasteiger charge is -2.32. The maximum Gasteiger partial charge on any atom is 0.493 e. The molecular formula is C24H20ClF6N3O5S2. The first kappa shape index (κ1) is 30.9. The van der Waals surface area contributed by atoms with Crippen LogP contribution >= 0.6 is 22.9 Å². The number of nitrogens with zero attached hydrogens (tertiary/aromatic N) is 3. The van der Waals surface area contributed by atoms with Crippen molar-refractivity contribution in [2.24, 2.45) is 0 Å². The zero-order chi connectivity index (χ0) is 30.0. The van der Waals surface area contributed by atoms with E-state index in [4.69, 9.17) is 16.3 Å². The number of likely N-dealkylation sites (tertiary alicyclic amines) is 1. The number of halogens is 7. The zero-order valence-corrected chi connectivity index (χ0v) is 23.0. The number of hydrogen-bond acceptors (Lipinski definition) is 8. The largest absolute Gasteiger partial charge is 0.493 e. The van der Waals surface area contributed by atoms with Crippen LogP contribution in [-0.2, 0) is 32.4 Å². The first-order valence-electron chi connectivity index (χ1n) is 11.7. The highest BCUT2D eigenvalue weighted by molar-refractivity contribution is 7.92. The molecule has 1 aliphatic rings. The predicted molar refractivity (Wildman–Crippen MR) is 136 cm³/mol. The Balaban J connectivity index is 1.39. The van der Waals surface area contributed by atoms with Crippen LogP contribution in [0.25, 0.3) is 0 Å². The van der Waals surface area contributed by atoms with Gasteiger partial charge in [0, 0.05) is 31.2 Å². The van der Waals surface area contributed by atoms with Gasteiger partial charge in [-0.25, -0.2) is 9.78 Å². The van der Waals surface area contributed by atoms with E-state index in [1.54, 1.807) is 0 Å². The SMILES string of the molecule is O=C(ON(c1nccs1)S(=O)(=O)c1ccc(OC2CCN(Cc3ccc(C(F)(F)F)cc3)CC2)c(Cl)c1)C(F)(F)F. The summed E-state index contributed by atoms with van der Waals surface area (Å²) in [6, 6.07) is 8.16. The van der Waals surface area contributed by atoms with Gasteiger partial charge in [-0.15, -0.1) is 11.3 Å². The maximum atomic E-state index is 13.1. The second-order valence-corrected chi connectivity index (χ2v) is 11.8. The molecule has 0 saturated carbocycles. The van der Waals surface area contributed by atoms with Crippen molar-refractivity contribution >= 4 is 44.1 Å². The highest BCUT2D eigenvalue weighted by atomic mass is 35.5. The Labute approximate surface area is 239 Å². The van der Waals surface area contributed by atoms with Gasteiger partial charge >= 0.3 is 18.3 Å². The molecule has 0 amide bonds. The highest BCUT2D eigenvalue weighted by Crippen LogP contribution is 2.34. The number of carbonyl (C=O) groups is 1. The second kappa shape index (κ2) is 12.0.